The molecule has 0 radical (unpaired) electrons. The molecule has 3 nitrogen and oxygen atoms in total. The van der Waals surface area contributed by atoms with E-state index in [0.717, 1.165) is 18.7 Å². The average molecular weight is 194 g/mol. The number of carbonyl (C=O) groups excluding carboxylic acids is 1. The smallest absolute Gasteiger partial charge is 0.145 e. The molecule has 2 rings (SSSR count). The van der Waals surface area contributed by atoms with Crippen LogP contribution in [0.15, 0.2) is 5.70 Å². The van der Waals surface area contributed by atoms with Crippen molar-refractivity contribution < 1.29 is 4.79 Å². The first kappa shape index (κ1) is 9.75. The fourth-order valence-electron chi connectivity index (χ4n) is 2.47. The van der Waals surface area contributed by atoms with Crippen molar-refractivity contribution >= 4 is 5.94 Å². The highest BCUT2D eigenvalue weighted by atomic mass is 16.1. The summed E-state index contributed by atoms with van der Waals surface area (Å²) < 4.78 is 0. The number of likely N-dealkylation sites (tertiary alicyclic amines) is 1. The number of hydrogen-bond acceptors (Lipinski definition) is 3. The molecule has 2 saturated heterocycles. The average Bonchev–Trinajstić information content (AvgIpc) is 2.30. The lowest BCUT2D eigenvalue weighted by atomic mass is 9.99. The molecule has 0 saturated carbocycles. The minimum atomic E-state index is 0.591. The highest BCUT2D eigenvalue weighted by molar-refractivity contribution is 5.52. The van der Waals surface area contributed by atoms with Gasteiger partial charge >= 0.3 is 0 Å². The fraction of sp³-hybridized carbons (Fsp3) is 0.818. The Morgan fingerprint density at radius 2 is 2.07 bits per heavy atom. The Morgan fingerprint density at radius 3 is 2.79 bits per heavy atom. The molecule has 1 unspecified atom stereocenters. The van der Waals surface area contributed by atoms with E-state index in [0.29, 0.717) is 6.04 Å². The second kappa shape index (κ2) is 4.63. The number of hydrogen-bond donors (Lipinski definition) is 1. The van der Waals surface area contributed by atoms with Crippen LogP contribution >= 0.6 is 0 Å². The van der Waals surface area contributed by atoms with Gasteiger partial charge in [-0.15, -0.1) is 0 Å². The summed E-state index contributed by atoms with van der Waals surface area (Å²) >= 11 is 0. The van der Waals surface area contributed by atoms with E-state index in [1.807, 2.05) is 5.94 Å². The molecule has 1 N–H and O–H groups in total. The van der Waals surface area contributed by atoms with Gasteiger partial charge in [0.1, 0.15) is 5.94 Å². The third-order valence-corrected chi connectivity index (χ3v) is 3.29. The summed E-state index contributed by atoms with van der Waals surface area (Å²) in [6.45, 7) is 3.37. The third-order valence-electron chi connectivity index (χ3n) is 3.29. The van der Waals surface area contributed by atoms with Crippen LogP contribution in [0.5, 0.6) is 0 Å². The van der Waals surface area contributed by atoms with Crippen LogP contribution in [0.1, 0.15) is 32.1 Å². The first-order chi connectivity index (χ1) is 6.90. The predicted octanol–water partition coefficient (Wildman–Crippen LogP) is 0.940. The molecule has 0 aromatic rings. The quantitative estimate of drug-likeness (QED) is 0.630. The first-order valence-electron chi connectivity index (χ1n) is 5.62. The van der Waals surface area contributed by atoms with Crippen molar-refractivity contribution in [2.24, 2.45) is 0 Å². The van der Waals surface area contributed by atoms with E-state index in [1.54, 1.807) is 0 Å². The normalized spacial score (nSPS) is 29.4. The highest BCUT2D eigenvalue weighted by Gasteiger charge is 2.24. The number of piperidine rings is 2. The molecule has 14 heavy (non-hydrogen) atoms. The van der Waals surface area contributed by atoms with Crippen molar-refractivity contribution in [3.63, 3.8) is 0 Å². The zero-order valence-corrected chi connectivity index (χ0v) is 8.59. The molecule has 3 heteroatoms. The van der Waals surface area contributed by atoms with Gasteiger partial charge in [0.2, 0.25) is 0 Å². The summed E-state index contributed by atoms with van der Waals surface area (Å²) in [7, 11) is 0. The Bertz CT molecular complexity index is 240. The van der Waals surface area contributed by atoms with Gasteiger partial charge < -0.3 is 5.32 Å². The minimum Gasteiger partial charge on any atom is -0.379 e. The number of rotatable bonds is 1. The Balaban J connectivity index is 1.92. The van der Waals surface area contributed by atoms with E-state index in [-0.39, 0.29) is 0 Å². The molecule has 0 aromatic carbocycles. The van der Waals surface area contributed by atoms with Gasteiger partial charge in [-0.1, -0.05) is 6.42 Å². The van der Waals surface area contributed by atoms with Crippen molar-refractivity contribution in [1.29, 1.82) is 0 Å². The maximum Gasteiger partial charge on any atom is 0.145 e. The standard InChI is InChI=1S/C11H18N2O/c14-9-10-8-11(4-5-12-10)13-6-2-1-3-7-13/h11-12H,1-8H2. The van der Waals surface area contributed by atoms with E-state index in [2.05, 4.69) is 10.2 Å². The van der Waals surface area contributed by atoms with Crippen molar-refractivity contribution in [2.45, 2.75) is 38.1 Å². The number of nitrogens with one attached hydrogen (secondary N) is 1. The topological polar surface area (TPSA) is 32.3 Å². The van der Waals surface area contributed by atoms with E-state index < -0.39 is 0 Å². The zero-order chi connectivity index (χ0) is 9.80. The van der Waals surface area contributed by atoms with Crippen LogP contribution in [-0.4, -0.2) is 36.5 Å². The van der Waals surface area contributed by atoms with Gasteiger partial charge in [0, 0.05) is 19.0 Å². The molecule has 0 spiro atoms. The maximum absolute atomic E-state index is 10.5. The second-order valence-corrected chi connectivity index (χ2v) is 4.25. The molecule has 0 bridgehead atoms. The van der Waals surface area contributed by atoms with Crippen LogP contribution in [0, 0.1) is 0 Å². The van der Waals surface area contributed by atoms with Crippen LogP contribution in [0.25, 0.3) is 0 Å². The minimum absolute atomic E-state index is 0.591. The first-order valence-corrected chi connectivity index (χ1v) is 5.62. The summed E-state index contributed by atoms with van der Waals surface area (Å²) in [5.74, 6) is 2.00. The molecule has 78 valence electrons. The third kappa shape index (κ3) is 2.17. The molecule has 2 fully saturated rings. The van der Waals surface area contributed by atoms with Gasteiger partial charge in [0.15, 0.2) is 0 Å². The molecular formula is C11H18N2O. The van der Waals surface area contributed by atoms with Gasteiger partial charge in [0.25, 0.3) is 0 Å². The Hall–Kier alpha value is -0.790. The summed E-state index contributed by atoms with van der Waals surface area (Å²) in [4.78, 5) is 13.1. The van der Waals surface area contributed by atoms with E-state index in [1.165, 1.54) is 38.8 Å². The van der Waals surface area contributed by atoms with Gasteiger partial charge in [-0.05, 0) is 32.4 Å². The molecule has 2 heterocycles. The largest absolute Gasteiger partial charge is 0.379 e. The number of nitrogens with zero attached hydrogens (tertiary/aromatic N) is 1. The summed E-state index contributed by atoms with van der Waals surface area (Å²) in [6.07, 6.45) is 6.07. The molecule has 2 aliphatic rings. The highest BCUT2D eigenvalue weighted by Crippen LogP contribution is 2.20. The Labute approximate surface area is 85.2 Å². The van der Waals surface area contributed by atoms with Gasteiger partial charge in [-0.3, -0.25) is 4.90 Å². The lowest BCUT2D eigenvalue weighted by molar-refractivity contribution is 0.145. The van der Waals surface area contributed by atoms with Gasteiger partial charge in [0.05, 0.1) is 5.70 Å². The molecular weight excluding hydrogens is 176 g/mol. The molecule has 0 amide bonds. The summed E-state index contributed by atoms with van der Waals surface area (Å²) in [5.41, 5.74) is 0.770. The fourth-order valence-corrected chi connectivity index (χ4v) is 2.47. The van der Waals surface area contributed by atoms with Crippen molar-refractivity contribution in [1.82, 2.24) is 10.2 Å². The van der Waals surface area contributed by atoms with Gasteiger partial charge in [-0.2, -0.15) is 0 Å². The second-order valence-electron chi connectivity index (χ2n) is 4.25. The SMILES string of the molecule is O=C=C1CC(N2CCCCC2)CCN1. The Kier molecular flexibility index (Phi) is 3.22. The lowest BCUT2D eigenvalue weighted by Gasteiger charge is -2.37. The van der Waals surface area contributed by atoms with Crippen LogP contribution in [0.4, 0.5) is 0 Å². The van der Waals surface area contributed by atoms with Gasteiger partial charge in [-0.25, -0.2) is 4.79 Å². The molecule has 0 aromatic heterocycles. The summed E-state index contributed by atoms with van der Waals surface area (Å²) in [5, 5.41) is 3.10. The Morgan fingerprint density at radius 1 is 1.29 bits per heavy atom. The molecule has 0 aliphatic carbocycles. The van der Waals surface area contributed by atoms with E-state index >= 15 is 0 Å². The van der Waals surface area contributed by atoms with E-state index in [9.17, 15) is 4.79 Å². The predicted molar refractivity (Wildman–Crippen MR) is 55.7 cm³/mol. The monoisotopic (exact) mass is 194 g/mol. The molecule has 2 aliphatic heterocycles. The van der Waals surface area contributed by atoms with E-state index in [4.69, 9.17) is 0 Å². The van der Waals surface area contributed by atoms with Crippen LogP contribution in [-0.2, 0) is 4.79 Å². The van der Waals surface area contributed by atoms with Crippen LogP contribution in [0.3, 0.4) is 0 Å². The molecule has 1 atom stereocenters. The van der Waals surface area contributed by atoms with Crippen molar-refractivity contribution in [3.05, 3.63) is 5.70 Å². The summed E-state index contributed by atoms with van der Waals surface area (Å²) in [6, 6.07) is 0.591. The maximum atomic E-state index is 10.5. The zero-order valence-electron chi connectivity index (χ0n) is 8.59. The van der Waals surface area contributed by atoms with Crippen LogP contribution in [0.2, 0.25) is 0 Å². The van der Waals surface area contributed by atoms with Crippen molar-refractivity contribution in [2.75, 3.05) is 19.6 Å². The van der Waals surface area contributed by atoms with Crippen LogP contribution < -0.4 is 5.32 Å². The lowest BCUT2D eigenvalue weighted by Crippen LogP contribution is -2.44. The van der Waals surface area contributed by atoms with Crippen molar-refractivity contribution in [3.8, 4) is 0 Å².